The lowest BCUT2D eigenvalue weighted by molar-refractivity contribution is 0.0685. The van der Waals surface area contributed by atoms with E-state index in [0.29, 0.717) is 88.3 Å². The van der Waals surface area contributed by atoms with Crippen molar-refractivity contribution < 1.29 is 108 Å². The average molecular weight is 1850 g/mol. The molecular weight excluding hydrogens is 1780 g/mol. The maximum Gasteiger partial charge on any atom is 0.335 e. The average Bonchev–Trinajstić information content (AvgIpc) is 1.02. The first-order valence-electron chi connectivity index (χ1n) is 36.1. The lowest BCUT2D eigenvalue weighted by atomic mass is 10.0. The van der Waals surface area contributed by atoms with Crippen LogP contribution in [0.15, 0.2) is 236 Å². The lowest BCUT2D eigenvalue weighted by Gasteiger charge is -2.14. The molecule has 0 aliphatic heterocycles. The highest BCUT2D eigenvalue weighted by Gasteiger charge is 2.34. The molecule has 0 bridgehead atoms. The van der Waals surface area contributed by atoms with Crippen molar-refractivity contribution in [2.75, 3.05) is 19.6 Å². The smallest absolute Gasteiger partial charge is 0.335 e. The third kappa shape index (κ3) is 22.8. The van der Waals surface area contributed by atoms with Crippen molar-refractivity contribution in [3.63, 3.8) is 0 Å². The number of carbonyl (C=O) groups excluding carboxylic acids is 1. The van der Waals surface area contributed by atoms with Crippen molar-refractivity contribution in [2.24, 2.45) is 5.73 Å². The van der Waals surface area contributed by atoms with E-state index in [4.69, 9.17) is 22.1 Å². The lowest BCUT2D eigenvalue weighted by Crippen LogP contribution is -2.14. The molecule has 1 aliphatic rings. The molecule has 634 valence electrons. The summed E-state index contributed by atoms with van der Waals surface area (Å²) in [5.41, 5.74) is 10.7. The fraction of sp³-hybridized carbons (Fsp3) is 0.165. The largest absolute Gasteiger partial charge is 0.495 e. The number of carboxylic acid groups (broad SMARTS) is 4. The predicted octanol–water partition coefficient (Wildman–Crippen LogP) is 16.4. The number of primary amides is 1. The molecule has 0 saturated heterocycles. The van der Waals surface area contributed by atoms with Gasteiger partial charge in [-0.1, -0.05) is 74.0 Å². The number of hydrogen-bond donors (Lipinski definition) is 5. The van der Waals surface area contributed by atoms with Crippen LogP contribution in [0, 0.1) is 21.6 Å². The van der Waals surface area contributed by atoms with Crippen molar-refractivity contribution in [1.82, 2.24) is 4.98 Å². The number of hydrogen-bond acceptors (Lipinski definition) is 23. The van der Waals surface area contributed by atoms with E-state index in [0.717, 1.165) is 65.0 Å². The number of methoxy groups -OCH3 is 1. The van der Waals surface area contributed by atoms with Gasteiger partial charge in [0.1, 0.15) is 10.6 Å². The number of nitriles is 1. The van der Waals surface area contributed by atoms with E-state index < -0.39 is 116 Å². The second-order valence-electron chi connectivity index (χ2n) is 27.4. The SMILES string of the molecule is CCc1ccc(C(=O)O)cc1S(=O)(=O)Cc1cc(C(N)=O)ccc1-c1ccccn1.CCc1ccc(C(=O)O)cc1S(=O)(=O)Cc1cc(S(C)(=O)=O)ccc1-c1ccc(F)s1.COc1ccc(C(=O)O)cc1S(=O)(=O)Cc1cc(S(C)(=O)=O)ccc1-c1ccc(F)s1.N#Cc1ccc(-c2ccc(Cl)s2)c(CS(=O)(=O)c2cc(C(=O)O)ccc2C2CC2)c1. The number of aromatic nitrogens is 1. The molecule has 1 aliphatic carbocycles. The van der Waals surface area contributed by atoms with Gasteiger partial charge in [-0.15, -0.1) is 34.0 Å². The van der Waals surface area contributed by atoms with Crippen LogP contribution in [-0.2, 0) is 94.9 Å². The zero-order valence-corrected chi connectivity index (χ0v) is 72.9. The topological polar surface area (TPSA) is 443 Å². The Kier molecular flexibility index (Phi) is 29.1. The van der Waals surface area contributed by atoms with E-state index in [2.05, 4.69) is 4.98 Å². The van der Waals surface area contributed by atoms with E-state index in [1.165, 1.54) is 146 Å². The number of benzene rings is 8. The molecule has 0 spiro atoms. The molecule has 6 N–H and O–H groups in total. The normalized spacial score (nSPS) is 12.3. The number of thiophene rings is 3. The number of ether oxygens (including phenoxy) is 1. The maximum absolute atomic E-state index is 13.6. The fourth-order valence-electron chi connectivity index (χ4n) is 12.7. The van der Waals surface area contributed by atoms with Crippen LogP contribution in [0.1, 0.15) is 129 Å². The van der Waals surface area contributed by atoms with Gasteiger partial charge in [0.15, 0.2) is 69.3 Å². The number of aryl methyl sites for hydroxylation is 2. The Morgan fingerprint density at radius 3 is 1.25 bits per heavy atom. The first-order valence-corrected chi connectivity index (χ1v) is 49.3. The van der Waals surface area contributed by atoms with E-state index in [1.54, 1.807) is 74.6 Å². The van der Waals surface area contributed by atoms with Crippen molar-refractivity contribution in [3.05, 3.63) is 293 Å². The third-order valence-corrected chi connectivity index (χ3v) is 31.1. The summed E-state index contributed by atoms with van der Waals surface area (Å²) in [4.78, 5) is 62.4. The Balaban J connectivity index is 0.000000171. The summed E-state index contributed by atoms with van der Waals surface area (Å²) in [6.45, 7) is 3.54. The molecule has 0 atom stereocenters. The van der Waals surface area contributed by atoms with Gasteiger partial charge in [-0.3, -0.25) is 9.78 Å². The number of nitrogens with two attached hydrogens (primary N) is 1. The first-order chi connectivity index (χ1) is 57.3. The molecule has 0 unspecified atom stereocenters. The number of rotatable bonds is 27. The summed E-state index contributed by atoms with van der Waals surface area (Å²) in [5, 5.41) is 45.4. The summed E-state index contributed by atoms with van der Waals surface area (Å²) in [5.74, 6) is -7.53. The standard InChI is InChI=1S/C22H16ClNO4S2.C22H20N2O5S.C21H19FO6S3.C20H17FO7S3/c23-21-8-7-19(29-21)17-5-1-13(11-24)9-16(17)12-30(27,28)20-10-15(22(25)26)4-6-18(20)14-2-3-14;1-2-14-6-7-16(22(26)27)12-20(14)30(28,29)13-17-11-15(21(23)25)8-9-18(17)19-5-3-4-10-24-19;1-3-13-4-5-14(21(23)24)11-19(13)31(27,28)12-15-10-16(30(2,25)26)6-7-17(15)18-8-9-20(22)29-18;1-28-16-6-3-12(20(22)23)10-18(16)31(26,27)11-13-9-14(30(2,24)25)4-5-15(13)17-7-8-19(21)29-17/h1,4-10,14H,2-3,12H2,(H,25,26);3-12H,2,13H2,1H3,(H2,23,25)(H,26,27);4-11H,3,12H2,1-2H3,(H,23,24);3-10H,11H2,1-2H3,(H,22,23). The highest BCUT2D eigenvalue weighted by Crippen LogP contribution is 2.45. The highest BCUT2D eigenvalue weighted by atomic mass is 35.5. The van der Waals surface area contributed by atoms with Crippen LogP contribution in [0.2, 0.25) is 4.34 Å². The number of pyridine rings is 1. The van der Waals surface area contributed by atoms with Crippen LogP contribution >= 0.6 is 45.6 Å². The van der Waals surface area contributed by atoms with Gasteiger partial charge in [0.05, 0.1) is 98.5 Å². The van der Waals surface area contributed by atoms with Crippen LogP contribution < -0.4 is 10.5 Å². The van der Waals surface area contributed by atoms with Crippen molar-refractivity contribution in [3.8, 4) is 54.4 Å². The molecular formula is C85H72ClF2N3O22S9. The number of carboxylic acids is 4. The van der Waals surface area contributed by atoms with Crippen LogP contribution in [0.25, 0.3) is 42.6 Å². The summed E-state index contributed by atoms with van der Waals surface area (Å²) >= 11 is 8.98. The maximum atomic E-state index is 13.6. The van der Waals surface area contributed by atoms with Crippen LogP contribution in [0.3, 0.4) is 0 Å². The molecule has 122 heavy (non-hydrogen) atoms. The van der Waals surface area contributed by atoms with Crippen LogP contribution in [-0.4, -0.2) is 125 Å². The van der Waals surface area contributed by atoms with Crippen LogP contribution in [0.5, 0.6) is 5.75 Å². The van der Waals surface area contributed by atoms with Crippen molar-refractivity contribution >= 4 is 134 Å². The monoisotopic (exact) mass is 1850 g/mol. The molecule has 4 aromatic heterocycles. The molecule has 12 aromatic rings. The van der Waals surface area contributed by atoms with E-state index in [-0.39, 0.29) is 85.7 Å². The number of aromatic carboxylic acids is 4. The molecule has 8 aromatic carbocycles. The van der Waals surface area contributed by atoms with Gasteiger partial charge >= 0.3 is 23.9 Å². The molecule has 1 fully saturated rings. The summed E-state index contributed by atoms with van der Waals surface area (Å²) in [7, 11) is -22.0. The van der Waals surface area contributed by atoms with Gasteiger partial charge in [0.2, 0.25) is 5.91 Å². The quantitative estimate of drug-likeness (QED) is 0.0319. The minimum absolute atomic E-state index is 0.0404. The number of sulfone groups is 6. The number of nitrogens with zero attached hydrogens (tertiary/aromatic N) is 2. The predicted molar refractivity (Wildman–Crippen MR) is 458 cm³/mol. The first kappa shape index (κ1) is 92.8. The highest BCUT2D eigenvalue weighted by molar-refractivity contribution is 7.92. The minimum Gasteiger partial charge on any atom is -0.495 e. The van der Waals surface area contributed by atoms with Crippen molar-refractivity contribution in [1.29, 1.82) is 5.26 Å². The Labute approximate surface area is 718 Å². The van der Waals surface area contributed by atoms with Crippen LogP contribution in [0.4, 0.5) is 8.78 Å². The van der Waals surface area contributed by atoms with Gasteiger partial charge in [0.25, 0.3) is 0 Å². The van der Waals surface area contributed by atoms with E-state index >= 15 is 0 Å². The zero-order chi connectivity index (χ0) is 89.3. The second-order valence-corrected chi connectivity index (χ2v) is 43.1. The second kappa shape index (κ2) is 38.3. The molecule has 13 rings (SSSR count). The zero-order valence-electron chi connectivity index (χ0n) is 64.8. The Hall–Kier alpha value is -11.5. The van der Waals surface area contributed by atoms with E-state index in [1.807, 2.05) is 12.1 Å². The van der Waals surface area contributed by atoms with Gasteiger partial charge in [-0.25, -0.2) is 69.7 Å². The molecule has 37 heteroatoms. The van der Waals surface area contributed by atoms with Gasteiger partial charge in [0, 0.05) is 44.5 Å². The molecule has 25 nitrogen and oxygen atoms in total. The van der Waals surface area contributed by atoms with Gasteiger partial charge in [-0.05, 0) is 239 Å². The summed E-state index contributed by atoms with van der Waals surface area (Å²) < 4.78 is 187. The summed E-state index contributed by atoms with van der Waals surface area (Å²) in [6, 6.07) is 49.6. The number of carbonyl (C=O) groups is 5. The number of amides is 1. The van der Waals surface area contributed by atoms with Gasteiger partial charge in [-0.2, -0.15) is 14.0 Å². The molecule has 1 saturated carbocycles. The van der Waals surface area contributed by atoms with E-state index in [9.17, 15) is 109 Å². The van der Waals surface area contributed by atoms with Crippen molar-refractivity contribution in [2.45, 2.75) is 97.8 Å². The molecule has 4 heterocycles. The fourth-order valence-corrected chi connectivity index (χ4v) is 23.5. The summed E-state index contributed by atoms with van der Waals surface area (Å²) in [6.07, 6.45) is 6.14. The Bertz CT molecular complexity index is 6710. The Morgan fingerprint density at radius 2 is 0.852 bits per heavy atom. The minimum atomic E-state index is -4.17. The Morgan fingerprint density at radius 1 is 0.459 bits per heavy atom. The van der Waals surface area contributed by atoms with Gasteiger partial charge < -0.3 is 30.9 Å². The number of halogens is 3. The molecule has 1 amide bonds. The molecule has 0 radical (unpaired) electrons. The third-order valence-electron chi connectivity index (χ3n) is 18.9.